The maximum Gasteiger partial charge on any atom is 0.336 e. The molecule has 0 radical (unpaired) electrons. The Labute approximate surface area is 120 Å². The predicted molar refractivity (Wildman–Crippen MR) is 75.9 cm³/mol. The van der Waals surface area contributed by atoms with Gasteiger partial charge in [-0.05, 0) is 36.8 Å². The molecule has 0 bridgehead atoms. The average Bonchev–Trinajstić information content (AvgIpc) is 2.43. The Kier molecular flexibility index (Phi) is 3.80. The van der Waals surface area contributed by atoms with Crippen molar-refractivity contribution in [2.45, 2.75) is 6.92 Å². The number of carboxylic acids is 1. The molecule has 6 nitrogen and oxygen atoms in total. The van der Waals surface area contributed by atoms with Gasteiger partial charge in [-0.2, -0.15) is 0 Å². The van der Waals surface area contributed by atoms with E-state index in [-0.39, 0.29) is 16.8 Å². The highest BCUT2D eigenvalue weighted by Gasteiger charge is 2.15. The third kappa shape index (κ3) is 2.94. The fourth-order valence-electron chi connectivity index (χ4n) is 1.84. The molecular weight excluding hydrogens is 274 g/mol. The zero-order chi connectivity index (χ0) is 15.6. The molecule has 0 saturated heterocycles. The number of aromatic hydroxyl groups is 2. The number of aryl methyl sites for hydroxylation is 1. The van der Waals surface area contributed by atoms with E-state index in [1.165, 1.54) is 24.3 Å². The van der Waals surface area contributed by atoms with E-state index in [1.807, 2.05) is 0 Å². The first-order chi connectivity index (χ1) is 9.90. The van der Waals surface area contributed by atoms with Gasteiger partial charge < -0.3 is 20.6 Å². The second-order valence-corrected chi connectivity index (χ2v) is 4.46. The van der Waals surface area contributed by atoms with E-state index < -0.39 is 23.4 Å². The second-order valence-electron chi connectivity index (χ2n) is 4.46. The van der Waals surface area contributed by atoms with Gasteiger partial charge in [-0.3, -0.25) is 4.79 Å². The summed E-state index contributed by atoms with van der Waals surface area (Å²) in [6.45, 7) is 1.65. The molecule has 2 aromatic rings. The zero-order valence-corrected chi connectivity index (χ0v) is 11.1. The van der Waals surface area contributed by atoms with Gasteiger partial charge in [-0.15, -0.1) is 0 Å². The highest BCUT2D eigenvalue weighted by atomic mass is 16.4. The number of amides is 1. The Morgan fingerprint density at radius 2 is 1.76 bits per heavy atom. The van der Waals surface area contributed by atoms with Crippen LogP contribution in [-0.2, 0) is 0 Å². The number of carboxylic acid groups (broad SMARTS) is 1. The summed E-state index contributed by atoms with van der Waals surface area (Å²) in [5.41, 5.74) is 0.826. The molecule has 0 heterocycles. The number of phenols is 2. The molecule has 2 rings (SSSR count). The van der Waals surface area contributed by atoms with Crippen molar-refractivity contribution >= 4 is 17.6 Å². The summed E-state index contributed by atoms with van der Waals surface area (Å²) in [5, 5.41) is 30.5. The summed E-state index contributed by atoms with van der Waals surface area (Å²) in [6, 6.07) is 8.47. The number of hydrogen-bond acceptors (Lipinski definition) is 4. The largest absolute Gasteiger partial charge is 0.504 e. The number of carbonyl (C=O) groups is 2. The van der Waals surface area contributed by atoms with Crippen molar-refractivity contribution in [2.24, 2.45) is 0 Å². The van der Waals surface area contributed by atoms with Gasteiger partial charge in [0.1, 0.15) is 0 Å². The first kappa shape index (κ1) is 14.4. The third-order valence-corrected chi connectivity index (χ3v) is 2.99. The molecule has 0 aliphatic heterocycles. The topological polar surface area (TPSA) is 107 Å². The van der Waals surface area contributed by atoms with E-state index in [2.05, 4.69) is 5.32 Å². The first-order valence-corrected chi connectivity index (χ1v) is 6.06. The Bertz CT molecular complexity index is 724. The molecule has 1 amide bonds. The number of benzene rings is 2. The lowest BCUT2D eigenvalue weighted by Crippen LogP contribution is -2.13. The van der Waals surface area contributed by atoms with E-state index in [0.29, 0.717) is 5.56 Å². The number of rotatable bonds is 3. The van der Waals surface area contributed by atoms with Gasteiger partial charge in [-0.25, -0.2) is 4.79 Å². The SMILES string of the molecule is Cc1ccc(NC(=O)c2cccc(O)c2O)cc1C(=O)O. The van der Waals surface area contributed by atoms with Gasteiger partial charge in [0.2, 0.25) is 0 Å². The summed E-state index contributed by atoms with van der Waals surface area (Å²) in [5.74, 6) is -2.68. The molecule has 0 aromatic heterocycles. The summed E-state index contributed by atoms with van der Waals surface area (Å²) in [7, 11) is 0. The minimum atomic E-state index is -1.09. The molecule has 0 aliphatic carbocycles. The fourth-order valence-corrected chi connectivity index (χ4v) is 1.84. The number of nitrogens with one attached hydrogen (secondary N) is 1. The van der Waals surface area contributed by atoms with E-state index >= 15 is 0 Å². The molecular formula is C15H13NO5. The summed E-state index contributed by atoms with van der Waals surface area (Å²) >= 11 is 0. The van der Waals surface area contributed by atoms with Crippen molar-refractivity contribution in [3.63, 3.8) is 0 Å². The molecule has 0 unspecified atom stereocenters. The van der Waals surface area contributed by atoms with Crippen LogP contribution in [0.3, 0.4) is 0 Å². The minimum absolute atomic E-state index is 0.0768. The molecule has 0 saturated carbocycles. The lowest BCUT2D eigenvalue weighted by molar-refractivity contribution is 0.0695. The molecule has 2 aromatic carbocycles. The van der Waals surface area contributed by atoms with Crippen LogP contribution in [0.4, 0.5) is 5.69 Å². The first-order valence-electron chi connectivity index (χ1n) is 6.06. The number of hydrogen-bond donors (Lipinski definition) is 4. The zero-order valence-electron chi connectivity index (χ0n) is 11.1. The van der Waals surface area contributed by atoms with Crippen LogP contribution in [0.5, 0.6) is 11.5 Å². The van der Waals surface area contributed by atoms with Gasteiger partial charge >= 0.3 is 5.97 Å². The molecule has 0 spiro atoms. The van der Waals surface area contributed by atoms with Crippen LogP contribution in [0.25, 0.3) is 0 Å². The fraction of sp³-hybridized carbons (Fsp3) is 0.0667. The van der Waals surface area contributed by atoms with Crippen LogP contribution < -0.4 is 5.32 Å². The van der Waals surface area contributed by atoms with Crippen LogP contribution in [0, 0.1) is 6.92 Å². The molecule has 0 aliphatic rings. The van der Waals surface area contributed by atoms with Crippen molar-refractivity contribution in [2.75, 3.05) is 5.32 Å². The van der Waals surface area contributed by atoms with Crippen molar-refractivity contribution in [3.8, 4) is 11.5 Å². The van der Waals surface area contributed by atoms with Crippen LogP contribution in [0.1, 0.15) is 26.3 Å². The molecule has 108 valence electrons. The summed E-state index contributed by atoms with van der Waals surface area (Å²) in [4.78, 5) is 23.1. The van der Waals surface area contributed by atoms with E-state index in [0.717, 1.165) is 0 Å². The Morgan fingerprint density at radius 3 is 2.43 bits per heavy atom. The number of phenolic OH excluding ortho intramolecular Hbond substituents is 2. The monoisotopic (exact) mass is 287 g/mol. The minimum Gasteiger partial charge on any atom is -0.504 e. The molecule has 0 atom stereocenters. The second kappa shape index (κ2) is 5.54. The van der Waals surface area contributed by atoms with E-state index in [9.17, 15) is 19.8 Å². The summed E-state index contributed by atoms with van der Waals surface area (Å²) < 4.78 is 0. The highest BCUT2D eigenvalue weighted by Crippen LogP contribution is 2.28. The van der Waals surface area contributed by atoms with Gasteiger partial charge in [0, 0.05) is 5.69 Å². The number of aromatic carboxylic acids is 1. The van der Waals surface area contributed by atoms with Crippen molar-refractivity contribution in [3.05, 3.63) is 53.1 Å². The molecule has 6 heteroatoms. The Morgan fingerprint density at radius 1 is 1.05 bits per heavy atom. The lowest BCUT2D eigenvalue weighted by Gasteiger charge is -2.09. The molecule has 4 N–H and O–H groups in total. The maximum atomic E-state index is 12.0. The summed E-state index contributed by atoms with van der Waals surface area (Å²) in [6.07, 6.45) is 0. The standard InChI is InChI=1S/C15H13NO5/c1-8-5-6-9(7-11(8)15(20)21)16-14(19)10-3-2-4-12(17)13(10)18/h2-7,17-18H,1H3,(H,16,19)(H,20,21). The van der Waals surface area contributed by atoms with Gasteiger partial charge in [0.15, 0.2) is 11.5 Å². The lowest BCUT2D eigenvalue weighted by atomic mass is 10.1. The molecule has 21 heavy (non-hydrogen) atoms. The Hall–Kier alpha value is -3.02. The van der Waals surface area contributed by atoms with Crippen LogP contribution >= 0.6 is 0 Å². The van der Waals surface area contributed by atoms with Crippen molar-refractivity contribution in [1.29, 1.82) is 0 Å². The van der Waals surface area contributed by atoms with E-state index in [4.69, 9.17) is 5.11 Å². The predicted octanol–water partition coefficient (Wildman–Crippen LogP) is 2.36. The maximum absolute atomic E-state index is 12.0. The van der Waals surface area contributed by atoms with E-state index in [1.54, 1.807) is 19.1 Å². The third-order valence-electron chi connectivity index (χ3n) is 2.99. The smallest absolute Gasteiger partial charge is 0.336 e. The van der Waals surface area contributed by atoms with Crippen molar-refractivity contribution < 1.29 is 24.9 Å². The van der Waals surface area contributed by atoms with Crippen molar-refractivity contribution in [1.82, 2.24) is 0 Å². The average molecular weight is 287 g/mol. The van der Waals surface area contributed by atoms with Gasteiger partial charge in [0.25, 0.3) is 5.91 Å². The number of anilines is 1. The quantitative estimate of drug-likeness (QED) is 0.648. The number of carbonyl (C=O) groups excluding carboxylic acids is 1. The van der Waals surface area contributed by atoms with Crippen LogP contribution in [0.2, 0.25) is 0 Å². The van der Waals surface area contributed by atoms with Crippen LogP contribution in [-0.4, -0.2) is 27.2 Å². The van der Waals surface area contributed by atoms with Gasteiger partial charge in [0.05, 0.1) is 11.1 Å². The van der Waals surface area contributed by atoms with Gasteiger partial charge in [-0.1, -0.05) is 12.1 Å². The highest BCUT2D eigenvalue weighted by molar-refractivity contribution is 6.07. The van der Waals surface area contributed by atoms with Crippen LogP contribution in [0.15, 0.2) is 36.4 Å². The Balaban J connectivity index is 2.30. The molecule has 0 fully saturated rings. The normalized spacial score (nSPS) is 10.1. The number of para-hydroxylation sites is 1.